The highest BCUT2D eigenvalue weighted by molar-refractivity contribution is 6.99. The third kappa shape index (κ3) is 7.18. The Bertz CT molecular complexity index is 903. The van der Waals surface area contributed by atoms with Gasteiger partial charge in [0.1, 0.15) is 5.60 Å². The molecule has 0 aromatic heterocycles. The minimum Gasteiger partial charge on any atom is -0.444 e. The van der Waals surface area contributed by atoms with Crippen LogP contribution in [0.5, 0.6) is 0 Å². The van der Waals surface area contributed by atoms with Crippen LogP contribution in [-0.2, 0) is 9.16 Å². The fourth-order valence-electron chi connectivity index (χ4n) is 4.14. The topological polar surface area (TPSA) is 38.8 Å². The largest absolute Gasteiger partial charge is 0.444 e. The number of benzene rings is 2. The SMILES string of the molecule is C=CCN(CC(=C)CCO[Si](c1ccccc1)(c1ccccc1)C(C)(C)C)C(=O)OC(C)(C)C. The Kier molecular flexibility index (Phi) is 9.48. The van der Waals surface area contributed by atoms with Crippen molar-refractivity contribution in [2.75, 3.05) is 19.7 Å². The van der Waals surface area contributed by atoms with Gasteiger partial charge in [-0.3, -0.25) is 0 Å². The zero-order valence-electron chi connectivity index (χ0n) is 21.8. The molecule has 2 aromatic rings. The molecule has 0 unspecified atom stereocenters. The van der Waals surface area contributed by atoms with E-state index in [0.29, 0.717) is 26.1 Å². The fraction of sp³-hybridized carbons (Fsp3) is 0.414. The molecular formula is C29H41NO3Si. The van der Waals surface area contributed by atoms with Gasteiger partial charge in [0.05, 0.1) is 0 Å². The summed E-state index contributed by atoms with van der Waals surface area (Å²) in [6.45, 7) is 21.7. The molecule has 4 nitrogen and oxygen atoms in total. The number of carbonyl (C=O) groups is 1. The van der Waals surface area contributed by atoms with Gasteiger partial charge in [-0.05, 0) is 42.6 Å². The number of hydrogen-bond donors (Lipinski definition) is 0. The Morgan fingerprint density at radius 2 is 1.44 bits per heavy atom. The Morgan fingerprint density at radius 1 is 0.941 bits per heavy atom. The average molecular weight is 480 g/mol. The van der Waals surface area contributed by atoms with Crippen molar-refractivity contribution < 1.29 is 14.0 Å². The first-order valence-electron chi connectivity index (χ1n) is 11.9. The molecule has 2 rings (SSSR count). The molecule has 0 heterocycles. The van der Waals surface area contributed by atoms with Gasteiger partial charge in [0.25, 0.3) is 8.32 Å². The predicted octanol–water partition coefficient (Wildman–Crippen LogP) is 5.93. The zero-order chi connectivity index (χ0) is 25.4. The van der Waals surface area contributed by atoms with Gasteiger partial charge in [-0.2, -0.15) is 0 Å². The van der Waals surface area contributed by atoms with Crippen molar-refractivity contribution in [1.29, 1.82) is 0 Å². The second-order valence-corrected chi connectivity index (χ2v) is 15.0. The Balaban J connectivity index is 2.22. The summed E-state index contributed by atoms with van der Waals surface area (Å²) in [6, 6.07) is 21.2. The molecule has 184 valence electrons. The van der Waals surface area contributed by atoms with Crippen molar-refractivity contribution >= 4 is 24.8 Å². The molecular weight excluding hydrogens is 438 g/mol. The van der Waals surface area contributed by atoms with E-state index in [4.69, 9.17) is 9.16 Å². The lowest BCUT2D eigenvalue weighted by Gasteiger charge is -2.43. The highest BCUT2D eigenvalue weighted by atomic mass is 28.4. The highest BCUT2D eigenvalue weighted by Crippen LogP contribution is 2.36. The van der Waals surface area contributed by atoms with Gasteiger partial charge in [0.15, 0.2) is 0 Å². The van der Waals surface area contributed by atoms with Gasteiger partial charge >= 0.3 is 6.09 Å². The second-order valence-electron chi connectivity index (χ2n) is 10.7. The van der Waals surface area contributed by atoms with Crippen LogP contribution in [0.4, 0.5) is 4.79 Å². The molecule has 0 aliphatic rings. The number of hydrogen-bond acceptors (Lipinski definition) is 3. The lowest BCUT2D eigenvalue weighted by atomic mass is 10.2. The summed E-state index contributed by atoms with van der Waals surface area (Å²) in [7, 11) is -2.59. The number of ether oxygens (including phenoxy) is 1. The first kappa shape index (κ1) is 27.6. The molecule has 0 fully saturated rings. The maximum Gasteiger partial charge on any atom is 0.410 e. The molecule has 34 heavy (non-hydrogen) atoms. The van der Waals surface area contributed by atoms with E-state index >= 15 is 0 Å². The third-order valence-corrected chi connectivity index (χ3v) is 10.6. The van der Waals surface area contributed by atoms with Crippen molar-refractivity contribution in [3.05, 3.63) is 85.5 Å². The lowest BCUT2D eigenvalue weighted by Crippen LogP contribution is -2.66. The molecule has 0 aliphatic heterocycles. The molecule has 0 saturated carbocycles. The van der Waals surface area contributed by atoms with Crippen molar-refractivity contribution in [3.8, 4) is 0 Å². The van der Waals surface area contributed by atoms with Crippen molar-refractivity contribution in [1.82, 2.24) is 4.90 Å². The lowest BCUT2D eigenvalue weighted by molar-refractivity contribution is 0.0286. The van der Waals surface area contributed by atoms with Gasteiger partial charge in [-0.1, -0.05) is 99.7 Å². The van der Waals surface area contributed by atoms with Crippen LogP contribution in [-0.4, -0.2) is 44.6 Å². The summed E-state index contributed by atoms with van der Waals surface area (Å²) < 4.78 is 12.5. The molecule has 0 saturated heterocycles. The molecule has 5 heteroatoms. The van der Waals surface area contributed by atoms with Gasteiger partial charge in [-0.25, -0.2) is 4.79 Å². The van der Waals surface area contributed by atoms with Crippen LogP contribution >= 0.6 is 0 Å². The van der Waals surface area contributed by atoms with Crippen LogP contribution in [0.1, 0.15) is 48.0 Å². The van der Waals surface area contributed by atoms with E-state index in [0.717, 1.165) is 5.57 Å². The Morgan fingerprint density at radius 3 is 1.85 bits per heavy atom. The van der Waals surface area contributed by atoms with Gasteiger partial charge in [-0.15, -0.1) is 6.58 Å². The second kappa shape index (κ2) is 11.7. The normalized spacial score (nSPS) is 12.2. The van der Waals surface area contributed by atoms with E-state index in [1.807, 2.05) is 32.9 Å². The Hall–Kier alpha value is -2.63. The van der Waals surface area contributed by atoms with E-state index in [-0.39, 0.29) is 11.1 Å². The first-order valence-corrected chi connectivity index (χ1v) is 13.8. The summed E-state index contributed by atoms with van der Waals surface area (Å²) in [6.07, 6.45) is 2.00. The minimum absolute atomic E-state index is 0.0809. The monoisotopic (exact) mass is 479 g/mol. The molecule has 0 N–H and O–H groups in total. The molecule has 0 atom stereocenters. The van der Waals surface area contributed by atoms with Gasteiger partial charge < -0.3 is 14.1 Å². The fourth-order valence-corrected chi connectivity index (χ4v) is 8.71. The first-order chi connectivity index (χ1) is 15.9. The summed E-state index contributed by atoms with van der Waals surface area (Å²) >= 11 is 0. The molecule has 0 bridgehead atoms. The number of amides is 1. The minimum atomic E-state index is -2.59. The molecule has 0 radical (unpaired) electrons. The maximum atomic E-state index is 12.6. The van der Waals surface area contributed by atoms with Crippen LogP contribution in [0.3, 0.4) is 0 Å². The summed E-state index contributed by atoms with van der Waals surface area (Å²) in [5, 5.41) is 2.42. The summed E-state index contributed by atoms with van der Waals surface area (Å²) in [5.41, 5.74) is 0.371. The quantitative estimate of drug-likeness (QED) is 0.313. The van der Waals surface area contributed by atoms with Crippen molar-refractivity contribution in [2.24, 2.45) is 0 Å². The smallest absolute Gasteiger partial charge is 0.410 e. The average Bonchev–Trinajstić information content (AvgIpc) is 2.75. The van der Waals surface area contributed by atoms with E-state index < -0.39 is 13.9 Å². The maximum absolute atomic E-state index is 12.6. The van der Waals surface area contributed by atoms with Crippen LogP contribution in [0.15, 0.2) is 85.5 Å². The van der Waals surface area contributed by atoms with Crippen LogP contribution in [0, 0.1) is 0 Å². The molecule has 0 spiro atoms. The zero-order valence-corrected chi connectivity index (χ0v) is 22.8. The van der Waals surface area contributed by atoms with Gasteiger partial charge in [0.2, 0.25) is 0 Å². The summed E-state index contributed by atoms with van der Waals surface area (Å²) in [4.78, 5) is 14.2. The third-order valence-electron chi connectivity index (χ3n) is 5.61. The number of carbonyl (C=O) groups excluding carboxylic acids is 1. The molecule has 0 aliphatic carbocycles. The molecule has 1 amide bonds. The van der Waals surface area contributed by atoms with E-state index in [2.05, 4.69) is 82.5 Å². The van der Waals surface area contributed by atoms with E-state index in [1.54, 1.807) is 11.0 Å². The standard InChI is InChI=1S/C29H41NO3Si/c1-9-21-30(27(31)33-28(3,4)5)23-24(2)20-22-32-34(29(6,7)8,25-16-12-10-13-17-25)26-18-14-11-15-19-26/h9-19H,1-2,20-23H2,3-8H3. The van der Waals surface area contributed by atoms with E-state index in [9.17, 15) is 4.79 Å². The summed E-state index contributed by atoms with van der Waals surface area (Å²) in [5.74, 6) is 0. The molecule has 2 aromatic carbocycles. The van der Waals surface area contributed by atoms with Crippen LogP contribution < -0.4 is 10.4 Å². The van der Waals surface area contributed by atoms with Crippen molar-refractivity contribution in [2.45, 2.75) is 58.6 Å². The van der Waals surface area contributed by atoms with Gasteiger partial charge in [0, 0.05) is 19.7 Å². The van der Waals surface area contributed by atoms with Crippen LogP contribution in [0.25, 0.3) is 0 Å². The van der Waals surface area contributed by atoms with Crippen LogP contribution in [0.2, 0.25) is 5.04 Å². The van der Waals surface area contributed by atoms with Crippen molar-refractivity contribution in [3.63, 3.8) is 0 Å². The highest BCUT2D eigenvalue weighted by Gasteiger charge is 2.50. The van der Waals surface area contributed by atoms with E-state index in [1.165, 1.54) is 10.4 Å². The Labute approximate surface area is 207 Å². The predicted molar refractivity (Wildman–Crippen MR) is 145 cm³/mol. The number of nitrogens with zero attached hydrogens (tertiary/aromatic N) is 1. The number of rotatable bonds is 10.